The Morgan fingerprint density at radius 2 is 2.11 bits per heavy atom. The molecule has 0 unspecified atom stereocenters. The summed E-state index contributed by atoms with van der Waals surface area (Å²) in [6.07, 6.45) is 0. The van der Waals surface area contributed by atoms with Crippen LogP contribution >= 0.6 is 11.6 Å². The highest BCUT2D eigenvalue weighted by atomic mass is 35.5. The van der Waals surface area contributed by atoms with E-state index >= 15 is 0 Å². The number of nitrogens with two attached hydrogens (primary N) is 1. The van der Waals surface area contributed by atoms with Gasteiger partial charge in [-0.15, -0.1) is 0 Å². The number of fused-ring (bicyclic) bond motifs is 1. The maximum Gasteiger partial charge on any atom is 0.230 e. The third-order valence-corrected chi connectivity index (χ3v) is 3.17. The molecule has 2 N–H and O–H groups in total. The molecule has 0 spiro atoms. The fourth-order valence-corrected chi connectivity index (χ4v) is 2.17. The van der Waals surface area contributed by atoms with Crippen molar-refractivity contribution in [2.75, 3.05) is 12.8 Å². The van der Waals surface area contributed by atoms with E-state index < -0.39 is 0 Å². The quantitative estimate of drug-likeness (QED) is 0.723. The third kappa shape index (κ3) is 2.00. The maximum absolute atomic E-state index is 6.15. The van der Waals surface area contributed by atoms with Gasteiger partial charge in [0.15, 0.2) is 5.58 Å². The molecule has 3 aromatic rings. The first-order chi connectivity index (χ1) is 9.19. The highest BCUT2D eigenvalue weighted by Gasteiger charge is 2.14. The monoisotopic (exact) mass is 274 g/mol. The Kier molecular flexibility index (Phi) is 2.80. The minimum Gasteiger partial charge on any atom is -0.497 e. The van der Waals surface area contributed by atoms with Crippen molar-refractivity contribution in [1.82, 2.24) is 4.98 Å². The van der Waals surface area contributed by atoms with Gasteiger partial charge in [0.2, 0.25) is 5.89 Å². The molecule has 1 aromatic heterocycles. The number of hydrogen-bond acceptors (Lipinski definition) is 4. The molecule has 0 radical (unpaired) electrons. The average Bonchev–Trinajstić information content (AvgIpc) is 2.80. The molecular weight excluding hydrogens is 264 g/mol. The number of rotatable bonds is 2. The van der Waals surface area contributed by atoms with E-state index in [-0.39, 0.29) is 0 Å². The lowest BCUT2D eigenvalue weighted by molar-refractivity contribution is 0.414. The van der Waals surface area contributed by atoms with Crippen molar-refractivity contribution in [3.05, 3.63) is 41.4 Å². The van der Waals surface area contributed by atoms with Crippen LogP contribution in [-0.2, 0) is 0 Å². The van der Waals surface area contributed by atoms with Crippen LogP contribution in [0.25, 0.3) is 22.6 Å². The van der Waals surface area contributed by atoms with E-state index in [1.165, 1.54) is 0 Å². The van der Waals surface area contributed by atoms with Crippen LogP contribution in [0.15, 0.2) is 40.8 Å². The van der Waals surface area contributed by atoms with Gasteiger partial charge in [-0.2, -0.15) is 0 Å². The van der Waals surface area contributed by atoms with Crippen molar-refractivity contribution in [3.63, 3.8) is 0 Å². The number of oxazole rings is 1. The van der Waals surface area contributed by atoms with Crippen LogP contribution in [0.4, 0.5) is 5.69 Å². The van der Waals surface area contributed by atoms with Gasteiger partial charge in [-0.25, -0.2) is 4.98 Å². The molecule has 0 bridgehead atoms. The van der Waals surface area contributed by atoms with E-state index in [2.05, 4.69) is 4.98 Å². The summed E-state index contributed by atoms with van der Waals surface area (Å²) in [5.41, 5.74) is 8.43. The molecule has 0 aliphatic carbocycles. The molecule has 5 heteroatoms. The second kappa shape index (κ2) is 4.48. The van der Waals surface area contributed by atoms with Crippen LogP contribution in [0.1, 0.15) is 0 Å². The molecule has 0 aliphatic heterocycles. The van der Waals surface area contributed by atoms with Crippen molar-refractivity contribution < 1.29 is 9.15 Å². The van der Waals surface area contributed by atoms with Gasteiger partial charge in [0.1, 0.15) is 11.3 Å². The molecule has 0 fully saturated rings. The van der Waals surface area contributed by atoms with Crippen LogP contribution in [-0.4, -0.2) is 12.1 Å². The first-order valence-corrected chi connectivity index (χ1v) is 6.06. The van der Waals surface area contributed by atoms with Gasteiger partial charge in [-0.1, -0.05) is 17.7 Å². The lowest BCUT2D eigenvalue weighted by atomic mass is 10.2. The Balaban J connectivity index is 2.21. The summed E-state index contributed by atoms with van der Waals surface area (Å²) in [5, 5.41) is 0.513. The third-order valence-electron chi connectivity index (χ3n) is 2.86. The predicted octanol–water partition coefficient (Wildman–Crippen LogP) is 3.74. The fraction of sp³-hybridized carbons (Fsp3) is 0.0714. The minimum absolute atomic E-state index is 0.409. The Labute approximate surface area is 114 Å². The molecule has 3 rings (SSSR count). The first-order valence-electron chi connectivity index (χ1n) is 5.68. The summed E-state index contributed by atoms with van der Waals surface area (Å²) in [5.74, 6) is 1.12. The number of methoxy groups -OCH3 is 1. The van der Waals surface area contributed by atoms with Gasteiger partial charge in [0.05, 0.1) is 17.7 Å². The average molecular weight is 275 g/mol. The molecular formula is C14H11ClN2O2. The summed E-state index contributed by atoms with van der Waals surface area (Å²) < 4.78 is 10.8. The Bertz CT molecular complexity index is 732. The van der Waals surface area contributed by atoms with Crippen LogP contribution in [0.3, 0.4) is 0 Å². The topological polar surface area (TPSA) is 61.3 Å². The fourth-order valence-electron chi connectivity index (χ4n) is 1.91. The van der Waals surface area contributed by atoms with E-state index in [0.717, 1.165) is 5.52 Å². The zero-order chi connectivity index (χ0) is 13.4. The molecule has 19 heavy (non-hydrogen) atoms. The van der Waals surface area contributed by atoms with Crippen LogP contribution in [0.5, 0.6) is 5.75 Å². The van der Waals surface area contributed by atoms with E-state index in [1.54, 1.807) is 31.4 Å². The van der Waals surface area contributed by atoms with Gasteiger partial charge in [0.25, 0.3) is 0 Å². The van der Waals surface area contributed by atoms with Gasteiger partial charge in [0, 0.05) is 11.8 Å². The van der Waals surface area contributed by atoms with E-state index in [4.69, 9.17) is 26.5 Å². The Morgan fingerprint density at radius 3 is 2.84 bits per heavy atom. The number of ether oxygens (including phenoxy) is 1. The summed E-state index contributed by atoms with van der Waals surface area (Å²) in [6, 6.07) is 10.7. The smallest absolute Gasteiger partial charge is 0.230 e. The maximum atomic E-state index is 6.15. The summed E-state index contributed by atoms with van der Waals surface area (Å²) in [4.78, 5) is 4.39. The van der Waals surface area contributed by atoms with Gasteiger partial charge < -0.3 is 14.9 Å². The highest BCUT2D eigenvalue weighted by molar-refractivity contribution is 6.33. The molecule has 0 saturated heterocycles. The number of hydrogen-bond donors (Lipinski definition) is 1. The first kappa shape index (κ1) is 11.9. The normalized spacial score (nSPS) is 10.8. The molecule has 4 nitrogen and oxygen atoms in total. The second-order valence-electron chi connectivity index (χ2n) is 4.06. The zero-order valence-corrected chi connectivity index (χ0v) is 10.9. The molecule has 0 saturated carbocycles. The SMILES string of the molecule is COc1ccc2nc(-c3c(N)cccc3Cl)oc2c1. The Hall–Kier alpha value is -2.20. The van der Waals surface area contributed by atoms with E-state index in [9.17, 15) is 0 Å². The Morgan fingerprint density at radius 1 is 1.26 bits per heavy atom. The largest absolute Gasteiger partial charge is 0.497 e. The second-order valence-corrected chi connectivity index (χ2v) is 4.46. The number of aromatic nitrogens is 1. The van der Waals surface area contributed by atoms with E-state index in [1.807, 2.05) is 12.1 Å². The number of benzene rings is 2. The minimum atomic E-state index is 0.409. The van der Waals surface area contributed by atoms with Crippen molar-refractivity contribution in [3.8, 4) is 17.2 Å². The molecule has 1 heterocycles. The number of halogens is 1. The standard InChI is InChI=1S/C14H11ClN2O2/c1-18-8-5-6-11-12(7-8)19-14(17-11)13-9(15)3-2-4-10(13)16/h2-7H,16H2,1H3. The van der Waals surface area contributed by atoms with Crippen LogP contribution in [0.2, 0.25) is 5.02 Å². The van der Waals surface area contributed by atoms with Crippen molar-refractivity contribution in [2.24, 2.45) is 0 Å². The van der Waals surface area contributed by atoms with Crippen molar-refractivity contribution >= 4 is 28.4 Å². The molecule has 0 atom stereocenters. The number of nitrogens with zero attached hydrogens (tertiary/aromatic N) is 1. The lowest BCUT2D eigenvalue weighted by Crippen LogP contribution is -1.90. The predicted molar refractivity (Wildman–Crippen MR) is 75.4 cm³/mol. The lowest BCUT2D eigenvalue weighted by Gasteiger charge is -2.02. The van der Waals surface area contributed by atoms with Crippen molar-refractivity contribution in [2.45, 2.75) is 0 Å². The zero-order valence-electron chi connectivity index (χ0n) is 10.2. The number of nitrogen functional groups attached to an aromatic ring is 1. The molecule has 2 aromatic carbocycles. The molecule has 0 aliphatic rings. The summed E-state index contributed by atoms with van der Waals surface area (Å²) in [6.45, 7) is 0. The summed E-state index contributed by atoms with van der Waals surface area (Å²) >= 11 is 6.15. The molecule has 0 amide bonds. The van der Waals surface area contributed by atoms with Crippen molar-refractivity contribution in [1.29, 1.82) is 0 Å². The molecule has 96 valence electrons. The number of anilines is 1. The van der Waals surface area contributed by atoms with E-state index in [0.29, 0.717) is 33.5 Å². The summed E-state index contributed by atoms with van der Waals surface area (Å²) in [7, 11) is 1.60. The highest BCUT2D eigenvalue weighted by Crippen LogP contribution is 2.35. The van der Waals surface area contributed by atoms with Crippen LogP contribution < -0.4 is 10.5 Å². The van der Waals surface area contributed by atoms with Gasteiger partial charge >= 0.3 is 0 Å². The van der Waals surface area contributed by atoms with Crippen LogP contribution in [0, 0.1) is 0 Å². The van der Waals surface area contributed by atoms with Gasteiger partial charge in [-0.05, 0) is 24.3 Å². The van der Waals surface area contributed by atoms with Gasteiger partial charge in [-0.3, -0.25) is 0 Å².